The molecule has 1 aliphatic heterocycles. The monoisotopic (exact) mass is 373 g/mol. The van der Waals surface area contributed by atoms with Gasteiger partial charge in [0, 0.05) is 31.0 Å². The molecule has 0 bridgehead atoms. The van der Waals surface area contributed by atoms with Gasteiger partial charge in [-0.15, -0.1) is 0 Å². The number of nitrogens with one attached hydrogen (secondary N) is 1. The molecule has 6 nitrogen and oxygen atoms in total. The number of hydrogen-bond donors (Lipinski definition) is 1. The third kappa shape index (κ3) is 2.85. The summed E-state index contributed by atoms with van der Waals surface area (Å²) in [5, 5.41) is 13.6. The van der Waals surface area contributed by atoms with Crippen molar-refractivity contribution in [2.75, 3.05) is 20.3 Å². The summed E-state index contributed by atoms with van der Waals surface area (Å²) in [5.74, 6) is 1.44. The molecule has 28 heavy (non-hydrogen) atoms. The molecule has 1 aromatic heterocycles. The summed E-state index contributed by atoms with van der Waals surface area (Å²) in [6, 6.07) is 17.5. The van der Waals surface area contributed by atoms with E-state index in [1.807, 2.05) is 42.5 Å². The summed E-state index contributed by atoms with van der Waals surface area (Å²) in [7, 11) is 1.72. The van der Waals surface area contributed by atoms with Crippen molar-refractivity contribution in [1.82, 2.24) is 5.32 Å². The molecule has 2 atom stereocenters. The zero-order chi connectivity index (χ0) is 19.1. The molecular formula is C22H19N3O3. The van der Waals surface area contributed by atoms with Crippen LogP contribution in [-0.4, -0.2) is 37.7 Å². The van der Waals surface area contributed by atoms with E-state index in [9.17, 15) is 5.26 Å². The Hall–Kier alpha value is -3.14. The topological polar surface area (TPSA) is 79.8 Å². The van der Waals surface area contributed by atoms with E-state index in [0.717, 1.165) is 34.4 Å². The lowest BCUT2D eigenvalue weighted by atomic mass is 10.1. The lowest BCUT2D eigenvalue weighted by molar-refractivity contribution is 0.0470. The molecular weight excluding hydrogens is 354 g/mol. The molecule has 3 aromatic rings. The first-order valence-corrected chi connectivity index (χ1v) is 9.22. The second-order valence-corrected chi connectivity index (χ2v) is 7.12. The Kier molecular flexibility index (Phi) is 3.93. The number of methoxy groups -OCH3 is 1. The predicted octanol–water partition coefficient (Wildman–Crippen LogP) is 3.51. The van der Waals surface area contributed by atoms with E-state index in [0.29, 0.717) is 24.5 Å². The standard InChI is InChI=1S/C22H19N3O3/c1-26-22-10-21(22)25-16(12-24-22)13-27-17-6-7-19-15(8-17)9-20(28-19)18-5-3-2-4-14(18)11-23/h2-9,21,24H,10,12-13H2,1H3. The number of nitriles is 1. The summed E-state index contributed by atoms with van der Waals surface area (Å²) in [4.78, 5) is 4.69. The third-order valence-electron chi connectivity index (χ3n) is 5.38. The smallest absolute Gasteiger partial charge is 0.144 e. The Labute approximate surface area is 162 Å². The van der Waals surface area contributed by atoms with Crippen LogP contribution in [0.25, 0.3) is 22.3 Å². The highest BCUT2D eigenvalue weighted by Gasteiger charge is 2.57. The molecule has 0 amide bonds. The number of fused-ring (bicyclic) bond motifs is 2. The number of rotatable bonds is 5. The van der Waals surface area contributed by atoms with Gasteiger partial charge in [-0.2, -0.15) is 5.26 Å². The van der Waals surface area contributed by atoms with Crippen LogP contribution in [0, 0.1) is 11.3 Å². The number of ether oxygens (including phenoxy) is 2. The maximum absolute atomic E-state index is 9.31. The van der Waals surface area contributed by atoms with E-state index in [1.165, 1.54) is 0 Å². The van der Waals surface area contributed by atoms with Crippen LogP contribution in [0.4, 0.5) is 0 Å². The highest BCUT2D eigenvalue weighted by molar-refractivity contribution is 5.89. The van der Waals surface area contributed by atoms with Crippen LogP contribution in [0.3, 0.4) is 0 Å². The van der Waals surface area contributed by atoms with Gasteiger partial charge in [-0.3, -0.25) is 10.3 Å². The van der Waals surface area contributed by atoms with Crippen molar-refractivity contribution in [3.8, 4) is 23.1 Å². The van der Waals surface area contributed by atoms with Crippen molar-refractivity contribution in [2.24, 2.45) is 4.99 Å². The van der Waals surface area contributed by atoms with Crippen molar-refractivity contribution >= 4 is 16.7 Å². The molecule has 5 rings (SSSR count). The SMILES string of the molecule is COC12CC1N=C(COc1ccc3oc(-c4ccccc4C#N)cc3c1)CN2. The maximum atomic E-state index is 9.31. The van der Waals surface area contributed by atoms with E-state index in [-0.39, 0.29) is 11.8 Å². The number of benzene rings is 2. The van der Waals surface area contributed by atoms with Gasteiger partial charge in [0.25, 0.3) is 0 Å². The van der Waals surface area contributed by atoms with Gasteiger partial charge in [-0.1, -0.05) is 12.1 Å². The first kappa shape index (κ1) is 17.0. The maximum Gasteiger partial charge on any atom is 0.144 e. The normalized spacial score (nSPS) is 23.0. The molecule has 1 N–H and O–H groups in total. The number of nitrogens with zero attached hydrogens (tertiary/aromatic N) is 2. The Bertz CT molecular complexity index is 1130. The van der Waals surface area contributed by atoms with Crippen molar-refractivity contribution in [3.05, 3.63) is 54.1 Å². The average molecular weight is 373 g/mol. The van der Waals surface area contributed by atoms with E-state index in [1.54, 1.807) is 13.2 Å². The summed E-state index contributed by atoms with van der Waals surface area (Å²) < 4.78 is 17.4. The highest BCUT2D eigenvalue weighted by Crippen LogP contribution is 2.41. The van der Waals surface area contributed by atoms with Crippen LogP contribution in [-0.2, 0) is 4.74 Å². The van der Waals surface area contributed by atoms with Crippen LogP contribution in [0.1, 0.15) is 12.0 Å². The number of aliphatic imine (C=N–C) groups is 1. The fourth-order valence-electron chi connectivity index (χ4n) is 3.67. The van der Waals surface area contributed by atoms with E-state index in [4.69, 9.17) is 18.9 Å². The van der Waals surface area contributed by atoms with Gasteiger partial charge in [0.05, 0.1) is 23.4 Å². The molecule has 2 heterocycles. The van der Waals surface area contributed by atoms with E-state index < -0.39 is 0 Å². The van der Waals surface area contributed by atoms with Gasteiger partial charge in [-0.25, -0.2) is 0 Å². The Balaban J connectivity index is 1.34. The van der Waals surface area contributed by atoms with Gasteiger partial charge in [0.1, 0.15) is 29.4 Å². The molecule has 6 heteroatoms. The number of furan rings is 1. The summed E-state index contributed by atoms with van der Waals surface area (Å²) in [6.07, 6.45) is 0.918. The second-order valence-electron chi connectivity index (χ2n) is 7.12. The molecule has 0 spiro atoms. The van der Waals surface area contributed by atoms with Crippen molar-refractivity contribution in [1.29, 1.82) is 5.26 Å². The van der Waals surface area contributed by atoms with Crippen LogP contribution in [0.2, 0.25) is 0 Å². The Morgan fingerprint density at radius 3 is 3.00 bits per heavy atom. The van der Waals surface area contributed by atoms with Crippen LogP contribution in [0.5, 0.6) is 5.75 Å². The Morgan fingerprint density at radius 1 is 1.29 bits per heavy atom. The van der Waals surface area contributed by atoms with Gasteiger partial charge in [0.2, 0.25) is 0 Å². The summed E-state index contributed by atoms with van der Waals surface area (Å²) in [5.41, 5.74) is 2.89. The van der Waals surface area contributed by atoms with Gasteiger partial charge >= 0.3 is 0 Å². The largest absolute Gasteiger partial charge is 0.488 e. The minimum atomic E-state index is -0.241. The van der Waals surface area contributed by atoms with Crippen molar-refractivity contribution < 1.29 is 13.9 Å². The molecule has 2 unspecified atom stereocenters. The predicted molar refractivity (Wildman–Crippen MR) is 105 cm³/mol. The zero-order valence-electron chi connectivity index (χ0n) is 15.4. The van der Waals surface area contributed by atoms with E-state index >= 15 is 0 Å². The van der Waals surface area contributed by atoms with Gasteiger partial charge in [-0.05, 0) is 36.4 Å². The first-order chi connectivity index (χ1) is 13.7. The lowest BCUT2D eigenvalue weighted by Crippen LogP contribution is -2.44. The van der Waals surface area contributed by atoms with Gasteiger partial charge in [0.15, 0.2) is 0 Å². The van der Waals surface area contributed by atoms with E-state index in [2.05, 4.69) is 11.4 Å². The highest BCUT2D eigenvalue weighted by atomic mass is 16.5. The van der Waals surface area contributed by atoms with Crippen molar-refractivity contribution in [3.63, 3.8) is 0 Å². The molecule has 1 aliphatic carbocycles. The number of hydrogen-bond acceptors (Lipinski definition) is 6. The summed E-state index contributed by atoms with van der Waals surface area (Å²) in [6.45, 7) is 1.12. The van der Waals surface area contributed by atoms with Crippen LogP contribution >= 0.6 is 0 Å². The molecule has 1 fully saturated rings. The van der Waals surface area contributed by atoms with Gasteiger partial charge < -0.3 is 13.9 Å². The molecule has 0 radical (unpaired) electrons. The lowest BCUT2D eigenvalue weighted by Gasteiger charge is -2.22. The fraction of sp³-hybridized carbons (Fsp3) is 0.273. The minimum absolute atomic E-state index is 0.198. The first-order valence-electron chi connectivity index (χ1n) is 9.22. The van der Waals surface area contributed by atoms with Crippen LogP contribution < -0.4 is 10.1 Å². The summed E-state index contributed by atoms with van der Waals surface area (Å²) >= 11 is 0. The molecule has 0 saturated heterocycles. The fourth-order valence-corrected chi connectivity index (χ4v) is 3.67. The van der Waals surface area contributed by atoms with Crippen LogP contribution in [0.15, 0.2) is 57.9 Å². The molecule has 1 saturated carbocycles. The second kappa shape index (κ2) is 6.48. The minimum Gasteiger partial charge on any atom is -0.488 e. The Morgan fingerprint density at radius 2 is 2.18 bits per heavy atom. The molecule has 2 aliphatic rings. The van der Waals surface area contributed by atoms with Crippen molar-refractivity contribution in [2.45, 2.75) is 18.2 Å². The third-order valence-corrected chi connectivity index (χ3v) is 5.38. The molecule has 2 aromatic carbocycles. The zero-order valence-corrected chi connectivity index (χ0v) is 15.4. The quantitative estimate of drug-likeness (QED) is 0.740. The average Bonchev–Trinajstić information content (AvgIpc) is 3.32. The molecule has 140 valence electrons.